The predicted octanol–water partition coefficient (Wildman–Crippen LogP) is 1.39. The first-order valence-corrected chi connectivity index (χ1v) is 5.27. The maximum absolute atomic E-state index is 8.70. The van der Waals surface area contributed by atoms with E-state index in [1.54, 1.807) is 0 Å². The Morgan fingerprint density at radius 1 is 1.64 bits per heavy atom. The quantitative estimate of drug-likeness (QED) is 0.312. The van der Waals surface area contributed by atoms with E-state index in [0.29, 0.717) is 5.84 Å². The van der Waals surface area contributed by atoms with E-state index in [9.17, 15) is 0 Å². The molecule has 4 heteroatoms. The van der Waals surface area contributed by atoms with Gasteiger partial charge in [0, 0.05) is 5.54 Å². The van der Waals surface area contributed by atoms with Crippen LogP contribution in [0, 0.1) is 0 Å². The molecule has 1 aliphatic rings. The lowest BCUT2D eigenvalue weighted by atomic mass is 9.99. The Hall–Kier alpha value is -0.770. The van der Waals surface area contributed by atoms with Crippen molar-refractivity contribution in [3.63, 3.8) is 0 Å². The van der Waals surface area contributed by atoms with Gasteiger partial charge in [0.15, 0.2) is 5.84 Å². The summed E-state index contributed by atoms with van der Waals surface area (Å²) in [7, 11) is 0. The molecule has 1 rings (SSSR count). The zero-order chi connectivity index (χ0) is 10.8. The number of hydrogen-bond acceptors (Lipinski definition) is 3. The molecule has 0 aromatic carbocycles. The van der Waals surface area contributed by atoms with Crippen LogP contribution in [0.3, 0.4) is 0 Å². The van der Waals surface area contributed by atoms with Crippen LogP contribution in [0.4, 0.5) is 0 Å². The van der Waals surface area contributed by atoms with Gasteiger partial charge in [0.25, 0.3) is 0 Å². The molecule has 0 aromatic rings. The third kappa shape index (κ3) is 2.00. The molecule has 0 radical (unpaired) electrons. The van der Waals surface area contributed by atoms with Crippen molar-refractivity contribution in [1.29, 1.82) is 0 Å². The third-order valence-electron chi connectivity index (χ3n) is 3.18. The Bertz CT molecular complexity index is 225. The van der Waals surface area contributed by atoms with Gasteiger partial charge in [-0.15, -0.1) is 0 Å². The van der Waals surface area contributed by atoms with Crippen LogP contribution in [0.5, 0.6) is 0 Å². The summed E-state index contributed by atoms with van der Waals surface area (Å²) in [5, 5.41) is 11.8. The van der Waals surface area contributed by atoms with Crippen molar-refractivity contribution in [2.75, 3.05) is 6.54 Å². The highest BCUT2D eigenvalue weighted by molar-refractivity contribution is 5.85. The molecule has 0 bridgehead atoms. The maximum Gasteiger partial charge on any atom is 0.156 e. The van der Waals surface area contributed by atoms with E-state index in [1.807, 2.05) is 0 Å². The van der Waals surface area contributed by atoms with Crippen LogP contribution >= 0.6 is 0 Å². The lowest BCUT2D eigenvalue weighted by molar-refractivity contribution is 0.143. The standard InChI is InChI=1S/C10H21N3O/c1-4-8(9(11)12-14)13-7-5-6-10(13,2)3/h8,14H,4-7H2,1-3H3,(H2,11,12). The van der Waals surface area contributed by atoms with Crippen LogP contribution in [0.2, 0.25) is 0 Å². The van der Waals surface area contributed by atoms with E-state index in [2.05, 4.69) is 30.8 Å². The van der Waals surface area contributed by atoms with E-state index in [4.69, 9.17) is 10.9 Å². The number of nitrogens with zero attached hydrogens (tertiary/aromatic N) is 2. The topological polar surface area (TPSA) is 61.9 Å². The molecule has 0 aromatic heterocycles. The lowest BCUT2D eigenvalue weighted by Crippen LogP contribution is -2.51. The second-order valence-corrected chi connectivity index (χ2v) is 4.56. The molecule has 1 unspecified atom stereocenters. The van der Waals surface area contributed by atoms with E-state index < -0.39 is 0 Å². The largest absolute Gasteiger partial charge is 0.409 e. The van der Waals surface area contributed by atoms with Gasteiger partial charge < -0.3 is 10.9 Å². The lowest BCUT2D eigenvalue weighted by Gasteiger charge is -2.37. The zero-order valence-electron chi connectivity index (χ0n) is 9.32. The molecule has 1 atom stereocenters. The summed E-state index contributed by atoms with van der Waals surface area (Å²) in [4.78, 5) is 2.34. The van der Waals surface area contributed by atoms with Crippen molar-refractivity contribution >= 4 is 5.84 Å². The number of oxime groups is 1. The number of nitrogens with two attached hydrogens (primary N) is 1. The molecule has 1 heterocycles. The highest BCUT2D eigenvalue weighted by Crippen LogP contribution is 2.31. The summed E-state index contributed by atoms with van der Waals surface area (Å²) in [6, 6.07) is 0.0810. The van der Waals surface area contributed by atoms with E-state index in [1.165, 1.54) is 12.8 Å². The molecule has 82 valence electrons. The maximum atomic E-state index is 8.70. The first-order chi connectivity index (χ1) is 6.53. The fourth-order valence-electron chi connectivity index (χ4n) is 2.36. The smallest absolute Gasteiger partial charge is 0.156 e. The fraction of sp³-hybridized carbons (Fsp3) is 0.900. The first-order valence-electron chi connectivity index (χ1n) is 5.27. The van der Waals surface area contributed by atoms with Gasteiger partial charge in [-0.3, -0.25) is 4.90 Å². The average Bonchev–Trinajstić information content (AvgIpc) is 2.47. The number of rotatable bonds is 3. The van der Waals surface area contributed by atoms with E-state index in [0.717, 1.165) is 13.0 Å². The average molecular weight is 199 g/mol. The van der Waals surface area contributed by atoms with Crippen LogP contribution in [0.1, 0.15) is 40.0 Å². The van der Waals surface area contributed by atoms with Gasteiger partial charge in [0.05, 0.1) is 6.04 Å². The minimum Gasteiger partial charge on any atom is -0.409 e. The molecule has 0 aliphatic carbocycles. The number of likely N-dealkylation sites (tertiary alicyclic amines) is 1. The van der Waals surface area contributed by atoms with Crippen molar-refractivity contribution in [3.8, 4) is 0 Å². The summed E-state index contributed by atoms with van der Waals surface area (Å²) in [5.74, 6) is 0.336. The van der Waals surface area contributed by atoms with Crippen LogP contribution in [0.15, 0.2) is 5.16 Å². The highest BCUT2D eigenvalue weighted by Gasteiger charge is 2.37. The minimum atomic E-state index is 0.0810. The molecule has 14 heavy (non-hydrogen) atoms. The van der Waals surface area contributed by atoms with Gasteiger partial charge in [0.2, 0.25) is 0 Å². The summed E-state index contributed by atoms with van der Waals surface area (Å²) < 4.78 is 0. The summed E-state index contributed by atoms with van der Waals surface area (Å²) in [6.45, 7) is 7.54. The van der Waals surface area contributed by atoms with Crippen molar-refractivity contribution in [3.05, 3.63) is 0 Å². The Kier molecular flexibility index (Phi) is 3.37. The van der Waals surface area contributed by atoms with Crippen LogP contribution in [-0.4, -0.2) is 34.1 Å². The Balaban J connectivity index is 2.79. The first kappa shape index (κ1) is 11.3. The second-order valence-electron chi connectivity index (χ2n) is 4.56. The molecule has 0 saturated carbocycles. The molecule has 0 spiro atoms. The second kappa shape index (κ2) is 4.17. The zero-order valence-corrected chi connectivity index (χ0v) is 9.32. The van der Waals surface area contributed by atoms with Gasteiger partial charge in [-0.05, 0) is 39.7 Å². The normalized spacial score (nSPS) is 25.2. The van der Waals surface area contributed by atoms with Crippen molar-refractivity contribution in [2.45, 2.75) is 51.6 Å². The Labute approximate surface area is 85.8 Å². The van der Waals surface area contributed by atoms with Gasteiger partial charge >= 0.3 is 0 Å². The van der Waals surface area contributed by atoms with Crippen LogP contribution in [0.25, 0.3) is 0 Å². The van der Waals surface area contributed by atoms with E-state index >= 15 is 0 Å². The third-order valence-corrected chi connectivity index (χ3v) is 3.18. The van der Waals surface area contributed by atoms with E-state index in [-0.39, 0.29) is 11.6 Å². The molecule has 3 N–H and O–H groups in total. The highest BCUT2D eigenvalue weighted by atomic mass is 16.4. The van der Waals surface area contributed by atoms with Gasteiger partial charge in [0.1, 0.15) is 0 Å². The Morgan fingerprint density at radius 3 is 2.64 bits per heavy atom. The SMILES string of the molecule is CCC(C(N)=NO)N1CCCC1(C)C. The van der Waals surface area contributed by atoms with Crippen molar-refractivity contribution < 1.29 is 5.21 Å². The number of amidine groups is 1. The van der Waals surface area contributed by atoms with Gasteiger partial charge in [-0.25, -0.2) is 0 Å². The molecular weight excluding hydrogens is 178 g/mol. The van der Waals surface area contributed by atoms with Crippen LogP contribution < -0.4 is 5.73 Å². The summed E-state index contributed by atoms with van der Waals surface area (Å²) >= 11 is 0. The molecular formula is C10H21N3O. The fourth-order valence-corrected chi connectivity index (χ4v) is 2.36. The summed E-state index contributed by atoms with van der Waals surface area (Å²) in [6.07, 6.45) is 3.27. The monoisotopic (exact) mass is 199 g/mol. The van der Waals surface area contributed by atoms with Crippen molar-refractivity contribution in [1.82, 2.24) is 4.90 Å². The molecule has 1 saturated heterocycles. The molecule has 4 nitrogen and oxygen atoms in total. The molecule has 1 fully saturated rings. The Morgan fingerprint density at radius 2 is 2.29 bits per heavy atom. The van der Waals surface area contributed by atoms with Crippen molar-refractivity contribution in [2.24, 2.45) is 10.9 Å². The van der Waals surface area contributed by atoms with Gasteiger partial charge in [-0.2, -0.15) is 0 Å². The summed E-state index contributed by atoms with van der Waals surface area (Å²) in [5.41, 5.74) is 5.86. The predicted molar refractivity (Wildman–Crippen MR) is 57.5 cm³/mol. The van der Waals surface area contributed by atoms with Gasteiger partial charge in [-0.1, -0.05) is 12.1 Å². The molecule has 0 amide bonds. The molecule has 1 aliphatic heterocycles. The van der Waals surface area contributed by atoms with Crippen LogP contribution in [-0.2, 0) is 0 Å². The number of hydrogen-bond donors (Lipinski definition) is 2. The minimum absolute atomic E-state index is 0.0810.